The smallest absolute Gasteiger partial charge is 0.224 e. The van der Waals surface area contributed by atoms with Crippen molar-refractivity contribution in [3.8, 4) is 0 Å². The first-order chi connectivity index (χ1) is 10.3. The van der Waals surface area contributed by atoms with Crippen LogP contribution in [0.4, 0.5) is 11.4 Å². The zero-order valence-electron chi connectivity index (χ0n) is 11.8. The minimum absolute atomic E-state index is 0.110. The van der Waals surface area contributed by atoms with Crippen molar-refractivity contribution in [2.24, 2.45) is 0 Å². The topological polar surface area (TPSA) is 54.3 Å². The average molecular weight is 282 g/mol. The van der Waals surface area contributed by atoms with Crippen molar-refractivity contribution in [2.75, 3.05) is 10.6 Å². The van der Waals surface area contributed by atoms with Gasteiger partial charge in [0.15, 0.2) is 0 Å². The second kappa shape index (κ2) is 4.95. The molecular formula is C17H18N2O2. The Bertz CT molecular complexity index is 690. The van der Waals surface area contributed by atoms with E-state index in [9.17, 15) is 4.79 Å². The van der Waals surface area contributed by atoms with E-state index in [4.69, 9.17) is 4.42 Å². The zero-order valence-corrected chi connectivity index (χ0v) is 11.8. The molecule has 0 saturated carbocycles. The highest BCUT2D eigenvalue weighted by atomic mass is 16.3. The summed E-state index contributed by atoms with van der Waals surface area (Å²) in [5.41, 5.74) is 4.56. The number of carbonyl (C=O) groups excluding carboxylic acids is 1. The molecule has 1 aromatic heterocycles. The maximum atomic E-state index is 11.4. The lowest BCUT2D eigenvalue weighted by Crippen LogP contribution is -2.20. The van der Waals surface area contributed by atoms with Crippen LogP contribution in [0, 0.1) is 0 Å². The van der Waals surface area contributed by atoms with Gasteiger partial charge in [0.1, 0.15) is 5.76 Å². The molecule has 4 rings (SSSR count). The second-order valence-electron chi connectivity index (χ2n) is 5.81. The number of anilines is 2. The Kier molecular flexibility index (Phi) is 2.95. The number of nitrogens with one attached hydrogen (secondary N) is 2. The van der Waals surface area contributed by atoms with E-state index >= 15 is 0 Å². The van der Waals surface area contributed by atoms with Crippen LogP contribution in [-0.2, 0) is 17.6 Å². The van der Waals surface area contributed by atoms with E-state index < -0.39 is 0 Å². The van der Waals surface area contributed by atoms with Crippen LogP contribution >= 0.6 is 0 Å². The van der Waals surface area contributed by atoms with Gasteiger partial charge >= 0.3 is 0 Å². The third-order valence-electron chi connectivity index (χ3n) is 4.39. The molecule has 2 heterocycles. The van der Waals surface area contributed by atoms with E-state index in [2.05, 4.69) is 22.8 Å². The number of rotatable bonds is 2. The third kappa shape index (κ3) is 2.31. The molecule has 1 unspecified atom stereocenters. The molecule has 21 heavy (non-hydrogen) atoms. The van der Waals surface area contributed by atoms with E-state index in [0.717, 1.165) is 42.8 Å². The molecule has 0 radical (unpaired) electrons. The van der Waals surface area contributed by atoms with E-state index in [1.54, 1.807) is 6.26 Å². The molecule has 1 aromatic carbocycles. The molecule has 2 aromatic rings. The van der Waals surface area contributed by atoms with Crippen LogP contribution in [0.3, 0.4) is 0 Å². The van der Waals surface area contributed by atoms with Crippen LogP contribution in [0.5, 0.6) is 0 Å². The number of hydrogen-bond donors (Lipinski definition) is 2. The molecule has 2 aliphatic rings. The number of carbonyl (C=O) groups is 1. The van der Waals surface area contributed by atoms with Crippen molar-refractivity contribution < 1.29 is 9.21 Å². The second-order valence-corrected chi connectivity index (χ2v) is 5.81. The zero-order chi connectivity index (χ0) is 14.2. The molecule has 2 N–H and O–H groups in total. The Morgan fingerprint density at radius 2 is 2.14 bits per heavy atom. The summed E-state index contributed by atoms with van der Waals surface area (Å²) in [5, 5.41) is 6.53. The number of aryl methyl sites for hydroxylation is 2. The fourth-order valence-corrected chi connectivity index (χ4v) is 3.31. The Morgan fingerprint density at radius 1 is 1.19 bits per heavy atom. The van der Waals surface area contributed by atoms with Crippen molar-refractivity contribution in [1.29, 1.82) is 0 Å². The molecule has 0 fully saturated rings. The Morgan fingerprint density at radius 3 is 3.10 bits per heavy atom. The predicted molar refractivity (Wildman–Crippen MR) is 81.4 cm³/mol. The molecule has 4 nitrogen and oxygen atoms in total. The van der Waals surface area contributed by atoms with Gasteiger partial charge in [0.25, 0.3) is 0 Å². The first kappa shape index (κ1) is 12.5. The van der Waals surface area contributed by atoms with Gasteiger partial charge in [0.2, 0.25) is 5.91 Å². The van der Waals surface area contributed by atoms with Crippen LogP contribution in [-0.4, -0.2) is 5.91 Å². The van der Waals surface area contributed by atoms with Gasteiger partial charge in [-0.25, -0.2) is 0 Å². The van der Waals surface area contributed by atoms with Gasteiger partial charge in [-0.2, -0.15) is 0 Å². The van der Waals surface area contributed by atoms with Crippen LogP contribution < -0.4 is 10.6 Å². The summed E-state index contributed by atoms with van der Waals surface area (Å²) in [7, 11) is 0. The summed E-state index contributed by atoms with van der Waals surface area (Å²) in [6.45, 7) is 0. The summed E-state index contributed by atoms with van der Waals surface area (Å²) in [4.78, 5) is 11.4. The Labute approximate surface area is 123 Å². The number of amides is 1. The van der Waals surface area contributed by atoms with E-state index in [0.29, 0.717) is 12.5 Å². The molecule has 4 heteroatoms. The van der Waals surface area contributed by atoms with E-state index in [1.807, 2.05) is 12.1 Å². The Hall–Kier alpha value is -2.23. The number of hydrogen-bond acceptors (Lipinski definition) is 3. The van der Waals surface area contributed by atoms with Gasteiger partial charge < -0.3 is 15.1 Å². The van der Waals surface area contributed by atoms with Gasteiger partial charge in [0.05, 0.1) is 12.3 Å². The third-order valence-corrected chi connectivity index (χ3v) is 4.39. The average Bonchev–Trinajstić information content (AvgIpc) is 2.97. The van der Waals surface area contributed by atoms with Crippen LogP contribution in [0.25, 0.3) is 0 Å². The number of benzene rings is 1. The quantitative estimate of drug-likeness (QED) is 0.884. The normalized spacial score (nSPS) is 20.4. The molecule has 0 bridgehead atoms. The minimum atomic E-state index is 0.110. The summed E-state index contributed by atoms with van der Waals surface area (Å²) in [6, 6.07) is 8.59. The minimum Gasteiger partial charge on any atom is -0.469 e. The first-order valence-electron chi connectivity index (χ1n) is 7.55. The molecule has 1 aliphatic heterocycles. The van der Waals surface area contributed by atoms with Crippen molar-refractivity contribution >= 4 is 17.3 Å². The van der Waals surface area contributed by atoms with Crippen molar-refractivity contribution in [1.82, 2.24) is 0 Å². The largest absolute Gasteiger partial charge is 0.469 e. The van der Waals surface area contributed by atoms with E-state index in [1.165, 1.54) is 11.1 Å². The van der Waals surface area contributed by atoms with Gasteiger partial charge in [-0.15, -0.1) is 0 Å². The molecule has 1 atom stereocenters. The molecule has 108 valence electrons. The summed E-state index contributed by atoms with van der Waals surface area (Å²) >= 11 is 0. The maximum Gasteiger partial charge on any atom is 0.224 e. The summed E-state index contributed by atoms with van der Waals surface area (Å²) in [5.74, 6) is 1.22. The van der Waals surface area contributed by atoms with E-state index in [-0.39, 0.29) is 5.91 Å². The van der Waals surface area contributed by atoms with Gasteiger partial charge in [-0.1, -0.05) is 0 Å². The first-order valence-corrected chi connectivity index (χ1v) is 7.55. The molecule has 1 aliphatic carbocycles. The SMILES string of the molecule is O=C1CCc2cc(NC3CCCc4occc43)ccc2N1. The Balaban J connectivity index is 1.58. The van der Waals surface area contributed by atoms with Crippen LogP contribution in [0.1, 0.15) is 42.2 Å². The summed E-state index contributed by atoms with van der Waals surface area (Å²) in [6.07, 6.45) is 6.49. The predicted octanol–water partition coefficient (Wildman–Crippen LogP) is 3.65. The van der Waals surface area contributed by atoms with Crippen molar-refractivity contribution in [3.05, 3.63) is 47.4 Å². The monoisotopic (exact) mass is 282 g/mol. The number of furan rings is 1. The lowest BCUT2D eigenvalue weighted by molar-refractivity contribution is -0.116. The lowest BCUT2D eigenvalue weighted by Gasteiger charge is -2.25. The molecule has 1 amide bonds. The standard InChI is InChI=1S/C17H18N2O2/c20-17-7-4-11-10-12(5-6-14(11)19-17)18-15-2-1-3-16-13(15)8-9-21-16/h5-6,8-10,15,18H,1-4,7H2,(H,19,20). The summed E-state index contributed by atoms with van der Waals surface area (Å²) < 4.78 is 5.54. The molecular weight excluding hydrogens is 264 g/mol. The maximum absolute atomic E-state index is 11.4. The highest BCUT2D eigenvalue weighted by Crippen LogP contribution is 2.34. The van der Waals surface area contributed by atoms with Crippen LogP contribution in [0.2, 0.25) is 0 Å². The fraction of sp³-hybridized carbons (Fsp3) is 0.353. The lowest BCUT2D eigenvalue weighted by atomic mass is 9.93. The highest BCUT2D eigenvalue weighted by Gasteiger charge is 2.23. The van der Waals surface area contributed by atoms with Gasteiger partial charge in [-0.3, -0.25) is 4.79 Å². The number of fused-ring (bicyclic) bond motifs is 2. The fourth-order valence-electron chi connectivity index (χ4n) is 3.31. The van der Waals surface area contributed by atoms with Crippen molar-refractivity contribution in [2.45, 2.75) is 38.1 Å². The van der Waals surface area contributed by atoms with Crippen molar-refractivity contribution in [3.63, 3.8) is 0 Å². The highest BCUT2D eigenvalue weighted by molar-refractivity contribution is 5.94. The molecule has 0 saturated heterocycles. The van der Waals surface area contributed by atoms with Gasteiger partial charge in [-0.05, 0) is 49.1 Å². The molecule has 0 spiro atoms. The van der Waals surface area contributed by atoms with Gasteiger partial charge in [0, 0.05) is 29.8 Å². The van der Waals surface area contributed by atoms with Crippen LogP contribution in [0.15, 0.2) is 34.9 Å².